The summed E-state index contributed by atoms with van der Waals surface area (Å²) >= 11 is 0. The Morgan fingerprint density at radius 2 is 1.34 bits per heavy atom. The lowest BCUT2D eigenvalue weighted by molar-refractivity contribution is 0.102. The molecule has 4 aromatic rings. The molecule has 0 aliphatic rings. The van der Waals surface area contributed by atoms with Gasteiger partial charge in [0.15, 0.2) is 12.1 Å². The smallest absolute Gasteiger partial charge is 0.189 e. The number of carbonyl (C=O) groups excluding carboxylic acids is 2. The zero-order valence-electron chi connectivity index (χ0n) is 24.3. The minimum Gasteiger partial charge on any atom is -0.298 e. The first-order valence-corrected chi connectivity index (χ1v) is 13.7. The summed E-state index contributed by atoms with van der Waals surface area (Å²) in [5.74, 6) is -0.209. The number of fused-ring (bicyclic) bond motifs is 1. The third kappa shape index (κ3) is 6.85. The van der Waals surface area contributed by atoms with Gasteiger partial charge in [-0.05, 0) is 92.4 Å². The standard InChI is InChI=1S/C39H36O2/c1-7-29-22-35(26-40)37(25-30(29)8-2)38(41)27(3)20-28-14-10-9-11-17-36(39(4,5)6)24-34(21-28)33-19-18-31-15-12-13-16-32(31)23-33/h7-26H,1-2H2,3-6H3/b10-9?,11-9?,14-10?,17-11?,27-20-,28-14?,28-21?,34-21?,34-24?,36-17?,36-24?. The van der Waals surface area contributed by atoms with Gasteiger partial charge in [0.1, 0.15) is 0 Å². The third-order valence-corrected chi connectivity index (χ3v) is 7.18. The molecule has 0 saturated carbocycles. The largest absolute Gasteiger partial charge is 0.298 e. The van der Waals surface area contributed by atoms with Crippen LogP contribution in [0.1, 0.15) is 70.7 Å². The number of hydrogen-bond acceptors (Lipinski definition) is 2. The second-order valence-corrected chi connectivity index (χ2v) is 11.2. The molecule has 0 fully saturated rings. The lowest BCUT2D eigenvalue weighted by Gasteiger charge is -2.19. The number of Topliss-reactive ketones (excluding diaryl/α,β-unsaturated/α-hetero) is 1. The van der Waals surface area contributed by atoms with Crippen molar-refractivity contribution in [3.05, 3.63) is 149 Å². The lowest BCUT2D eigenvalue weighted by atomic mass is 9.86. The molecule has 0 aliphatic carbocycles. The molecule has 0 N–H and O–H groups in total. The van der Waals surface area contributed by atoms with E-state index in [0.717, 1.165) is 34.1 Å². The van der Waals surface area contributed by atoms with Crippen LogP contribution in [0.5, 0.6) is 0 Å². The van der Waals surface area contributed by atoms with Crippen LogP contribution in [0.25, 0.3) is 40.1 Å². The van der Waals surface area contributed by atoms with Crippen molar-refractivity contribution in [1.29, 1.82) is 0 Å². The summed E-state index contributed by atoms with van der Waals surface area (Å²) in [5, 5.41) is 2.35. The monoisotopic (exact) mass is 536 g/mol. The molecule has 2 heteroatoms. The summed E-state index contributed by atoms with van der Waals surface area (Å²) in [6.07, 6.45) is 5.92. The maximum atomic E-state index is 13.6. The Hall–Kier alpha value is -4.82. The van der Waals surface area contributed by atoms with Gasteiger partial charge in [0.2, 0.25) is 0 Å². The number of ketones is 1. The van der Waals surface area contributed by atoms with E-state index in [0.29, 0.717) is 16.7 Å². The summed E-state index contributed by atoms with van der Waals surface area (Å²) in [5.41, 5.74) is 6.84. The summed E-state index contributed by atoms with van der Waals surface area (Å²) in [4.78, 5) is 25.5. The van der Waals surface area contributed by atoms with Crippen molar-refractivity contribution >= 4 is 41.1 Å². The number of allylic oxidation sites excluding steroid dienone is 1. The highest BCUT2D eigenvalue weighted by molar-refractivity contribution is 6.14. The quantitative estimate of drug-likeness (QED) is 0.134. The van der Waals surface area contributed by atoms with Gasteiger partial charge in [-0.3, -0.25) is 9.59 Å². The first-order valence-electron chi connectivity index (χ1n) is 13.7. The highest BCUT2D eigenvalue weighted by Crippen LogP contribution is 2.29. The predicted octanol–water partition coefficient (Wildman–Crippen LogP) is 10.3. The van der Waals surface area contributed by atoms with Gasteiger partial charge in [0.25, 0.3) is 0 Å². The van der Waals surface area contributed by atoms with Crippen molar-refractivity contribution < 1.29 is 9.59 Å². The molecular formula is C39H36O2. The Morgan fingerprint density at radius 3 is 2.02 bits per heavy atom. The van der Waals surface area contributed by atoms with E-state index in [1.54, 1.807) is 31.2 Å². The van der Waals surface area contributed by atoms with Crippen molar-refractivity contribution in [2.45, 2.75) is 33.1 Å². The zero-order valence-corrected chi connectivity index (χ0v) is 24.3. The molecule has 0 radical (unpaired) electrons. The van der Waals surface area contributed by atoms with Crippen LogP contribution in [-0.4, -0.2) is 12.1 Å². The van der Waals surface area contributed by atoms with Crippen LogP contribution < -0.4 is 0 Å². The van der Waals surface area contributed by atoms with Crippen LogP contribution in [0.2, 0.25) is 0 Å². The van der Waals surface area contributed by atoms with Crippen molar-refractivity contribution in [3.8, 4) is 11.1 Å². The minimum atomic E-state index is -0.209. The average molecular weight is 537 g/mol. The third-order valence-electron chi connectivity index (χ3n) is 7.18. The Bertz CT molecular complexity index is 1740. The first kappa shape index (κ1) is 29.2. The number of hydrogen-bond donors (Lipinski definition) is 0. The summed E-state index contributed by atoms with van der Waals surface area (Å²) < 4.78 is 0. The van der Waals surface area contributed by atoms with Crippen LogP contribution >= 0.6 is 0 Å². The molecule has 2 nitrogen and oxygen atoms in total. The summed E-state index contributed by atoms with van der Waals surface area (Å²) in [7, 11) is 0. The SMILES string of the molecule is C=Cc1cc(C=O)c(C(=O)/C(C)=C\c2cccccc(C(C)(C)C)cc(-c3ccc4ccccc4c3)c2)cc1C=C. The molecule has 0 heterocycles. The van der Waals surface area contributed by atoms with E-state index >= 15 is 0 Å². The first-order chi connectivity index (χ1) is 19.6. The number of rotatable bonds is 7. The van der Waals surface area contributed by atoms with Crippen molar-refractivity contribution in [3.63, 3.8) is 0 Å². The molecule has 4 rings (SSSR count). The number of carbonyl (C=O) groups is 2. The molecule has 0 saturated heterocycles. The maximum absolute atomic E-state index is 13.6. The molecule has 0 amide bonds. The molecule has 0 spiro atoms. The fourth-order valence-corrected chi connectivity index (χ4v) is 4.79. The van der Waals surface area contributed by atoms with Crippen LogP contribution in [0.3, 0.4) is 0 Å². The van der Waals surface area contributed by atoms with Gasteiger partial charge in [0.05, 0.1) is 0 Å². The fourth-order valence-electron chi connectivity index (χ4n) is 4.79. The van der Waals surface area contributed by atoms with E-state index in [1.165, 1.54) is 16.3 Å². The predicted molar refractivity (Wildman–Crippen MR) is 176 cm³/mol. The Kier molecular flexibility index (Phi) is 8.94. The molecule has 0 bridgehead atoms. The Labute approximate surface area is 243 Å². The van der Waals surface area contributed by atoms with Crippen molar-refractivity contribution in [1.82, 2.24) is 0 Å². The Balaban J connectivity index is 1.92. The Morgan fingerprint density at radius 1 is 0.683 bits per heavy atom. The molecule has 204 valence electrons. The van der Waals surface area contributed by atoms with E-state index in [9.17, 15) is 9.59 Å². The van der Waals surface area contributed by atoms with Gasteiger partial charge >= 0.3 is 0 Å². The molecule has 0 atom stereocenters. The van der Waals surface area contributed by atoms with Crippen LogP contribution in [0.4, 0.5) is 0 Å². The van der Waals surface area contributed by atoms with Gasteiger partial charge < -0.3 is 0 Å². The zero-order chi connectivity index (χ0) is 29.6. The van der Waals surface area contributed by atoms with E-state index in [2.05, 4.69) is 82.5 Å². The van der Waals surface area contributed by atoms with Crippen LogP contribution in [0.15, 0.2) is 116 Å². The van der Waals surface area contributed by atoms with E-state index in [1.807, 2.05) is 42.5 Å². The molecular weight excluding hydrogens is 500 g/mol. The van der Waals surface area contributed by atoms with Crippen LogP contribution in [-0.2, 0) is 5.41 Å². The number of benzene rings is 3. The topological polar surface area (TPSA) is 34.1 Å². The summed E-state index contributed by atoms with van der Waals surface area (Å²) in [6, 6.07) is 32.7. The average Bonchev–Trinajstić information content (AvgIpc) is 2.97. The van der Waals surface area contributed by atoms with E-state index < -0.39 is 0 Å². The fraction of sp³-hybridized carbons (Fsp3) is 0.128. The van der Waals surface area contributed by atoms with Gasteiger partial charge in [-0.25, -0.2) is 0 Å². The van der Waals surface area contributed by atoms with Gasteiger partial charge in [-0.15, -0.1) is 0 Å². The minimum absolute atomic E-state index is 0.0727. The van der Waals surface area contributed by atoms with Gasteiger partial charge in [-0.1, -0.05) is 119 Å². The highest BCUT2D eigenvalue weighted by Gasteiger charge is 2.16. The number of aldehydes is 1. The highest BCUT2D eigenvalue weighted by atomic mass is 16.1. The van der Waals surface area contributed by atoms with Crippen molar-refractivity contribution in [2.24, 2.45) is 0 Å². The van der Waals surface area contributed by atoms with Gasteiger partial charge in [-0.2, -0.15) is 0 Å². The normalized spacial score (nSPS) is 11.5. The van der Waals surface area contributed by atoms with Gasteiger partial charge in [0, 0.05) is 11.1 Å². The second-order valence-electron chi connectivity index (χ2n) is 11.2. The van der Waals surface area contributed by atoms with E-state index in [4.69, 9.17) is 0 Å². The van der Waals surface area contributed by atoms with E-state index in [-0.39, 0.29) is 11.2 Å². The second kappa shape index (κ2) is 12.6. The molecule has 0 aliphatic heterocycles. The molecule has 0 unspecified atom stereocenters. The van der Waals surface area contributed by atoms with Crippen molar-refractivity contribution in [2.75, 3.05) is 0 Å². The molecule has 4 aromatic carbocycles. The maximum Gasteiger partial charge on any atom is 0.189 e. The molecule has 41 heavy (non-hydrogen) atoms. The van der Waals surface area contributed by atoms with Crippen LogP contribution in [0, 0.1) is 0 Å². The lowest BCUT2D eigenvalue weighted by Crippen LogP contribution is -2.10. The molecule has 0 aromatic heterocycles. The summed E-state index contributed by atoms with van der Waals surface area (Å²) in [6.45, 7) is 16.1.